The molecule has 2 nitrogen and oxygen atoms in total. The zero-order chi connectivity index (χ0) is 14.9. The quantitative estimate of drug-likeness (QED) is 0.811. The second kappa shape index (κ2) is 5.50. The van der Waals surface area contributed by atoms with E-state index in [0.29, 0.717) is 15.6 Å². The summed E-state index contributed by atoms with van der Waals surface area (Å²) in [5.74, 6) is 0. The van der Waals surface area contributed by atoms with E-state index in [1.54, 1.807) is 18.2 Å². The summed E-state index contributed by atoms with van der Waals surface area (Å²) in [5.41, 5.74) is -1.06. The molecule has 0 saturated carbocycles. The molecule has 2 aromatic rings. The molecule has 0 fully saturated rings. The fourth-order valence-electron chi connectivity index (χ4n) is 1.68. The average molecular weight is 322 g/mol. The molecule has 0 unspecified atom stereocenters. The molecule has 20 heavy (non-hydrogen) atoms. The van der Waals surface area contributed by atoms with E-state index in [2.05, 4.69) is 0 Å². The average Bonchev–Trinajstić information content (AvgIpc) is 2.34. The lowest BCUT2D eigenvalue weighted by atomic mass is 10.2. The minimum Gasteiger partial charge on any atom is -0.310 e. The van der Waals surface area contributed by atoms with Gasteiger partial charge in [0.25, 0.3) is 5.56 Å². The van der Waals surface area contributed by atoms with Crippen LogP contribution in [0, 0.1) is 0 Å². The molecule has 0 saturated heterocycles. The molecule has 0 spiro atoms. The molecule has 0 bridgehead atoms. The largest absolute Gasteiger partial charge is 0.417 e. The first-order valence-corrected chi connectivity index (χ1v) is 6.25. The van der Waals surface area contributed by atoms with Crippen molar-refractivity contribution in [2.45, 2.75) is 12.7 Å². The topological polar surface area (TPSA) is 22.0 Å². The number of hydrogen-bond donors (Lipinski definition) is 0. The van der Waals surface area contributed by atoms with E-state index in [9.17, 15) is 18.0 Å². The molecule has 2 rings (SSSR count). The maximum Gasteiger partial charge on any atom is 0.417 e. The first-order chi connectivity index (χ1) is 9.29. The van der Waals surface area contributed by atoms with Gasteiger partial charge < -0.3 is 4.57 Å². The molecule has 7 heteroatoms. The maximum atomic E-state index is 12.6. The Morgan fingerprint density at radius 3 is 2.20 bits per heavy atom. The van der Waals surface area contributed by atoms with Crippen molar-refractivity contribution in [1.29, 1.82) is 0 Å². The van der Waals surface area contributed by atoms with Crippen LogP contribution >= 0.6 is 23.2 Å². The summed E-state index contributed by atoms with van der Waals surface area (Å²) >= 11 is 11.9. The number of hydrogen-bond acceptors (Lipinski definition) is 1. The van der Waals surface area contributed by atoms with Crippen LogP contribution in [0.4, 0.5) is 13.2 Å². The van der Waals surface area contributed by atoms with Crippen LogP contribution in [0.1, 0.15) is 11.1 Å². The van der Waals surface area contributed by atoms with Gasteiger partial charge in [-0.3, -0.25) is 4.79 Å². The van der Waals surface area contributed by atoms with E-state index in [4.69, 9.17) is 23.2 Å². The lowest BCUT2D eigenvalue weighted by molar-refractivity contribution is -0.138. The number of nitrogens with zero attached hydrogens (tertiary/aromatic N) is 1. The standard InChI is InChI=1S/C13H8Cl2F3NO/c14-10-2-1-3-11(15)9(10)7-19-6-8(13(16,17)18)4-5-12(19)20/h1-6H,7H2. The molecule has 0 atom stereocenters. The minimum atomic E-state index is -4.51. The van der Waals surface area contributed by atoms with Crippen LogP contribution in [0.5, 0.6) is 0 Å². The molecule has 106 valence electrons. The Morgan fingerprint density at radius 1 is 1.05 bits per heavy atom. The van der Waals surface area contributed by atoms with Gasteiger partial charge in [-0.15, -0.1) is 0 Å². The van der Waals surface area contributed by atoms with Crippen molar-refractivity contribution in [2.75, 3.05) is 0 Å². The molecule has 0 radical (unpaired) electrons. The Hall–Kier alpha value is -1.46. The summed E-state index contributed by atoms with van der Waals surface area (Å²) in [4.78, 5) is 11.6. The number of rotatable bonds is 2. The highest BCUT2D eigenvalue weighted by Gasteiger charge is 2.31. The summed E-state index contributed by atoms with van der Waals surface area (Å²) in [6, 6.07) is 6.34. The van der Waals surface area contributed by atoms with E-state index in [0.717, 1.165) is 22.9 Å². The van der Waals surface area contributed by atoms with E-state index >= 15 is 0 Å². The van der Waals surface area contributed by atoms with Gasteiger partial charge in [0.1, 0.15) is 0 Å². The van der Waals surface area contributed by atoms with Crippen molar-refractivity contribution in [1.82, 2.24) is 4.57 Å². The van der Waals surface area contributed by atoms with Gasteiger partial charge in [-0.05, 0) is 18.2 Å². The molecule has 0 aliphatic rings. The molecule has 0 amide bonds. The van der Waals surface area contributed by atoms with E-state index < -0.39 is 17.3 Å². The SMILES string of the molecule is O=c1ccc(C(F)(F)F)cn1Cc1c(Cl)cccc1Cl. The van der Waals surface area contributed by atoms with Crippen LogP contribution < -0.4 is 5.56 Å². The Bertz CT molecular complexity index is 674. The summed E-state index contributed by atoms with van der Waals surface area (Å²) in [7, 11) is 0. The van der Waals surface area contributed by atoms with Gasteiger partial charge in [0, 0.05) is 27.9 Å². The highest BCUT2D eigenvalue weighted by atomic mass is 35.5. The normalized spacial score (nSPS) is 11.7. The Morgan fingerprint density at radius 2 is 1.65 bits per heavy atom. The van der Waals surface area contributed by atoms with Crippen molar-refractivity contribution < 1.29 is 13.2 Å². The second-order valence-electron chi connectivity index (χ2n) is 4.08. The first-order valence-electron chi connectivity index (χ1n) is 5.49. The molecule has 1 aromatic heterocycles. The predicted molar refractivity (Wildman–Crippen MR) is 71.3 cm³/mol. The van der Waals surface area contributed by atoms with Crippen molar-refractivity contribution in [2.24, 2.45) is 0 Å². The number of halogens is 5. The van der Waals surface area contributed by atoms with Crippen LogP contribution in [0.2, 0.25) is 10.0 Å². The summed E-state index contributed by atoms with van der Waals surface area (Å²) in [5, 5.41) is 0.587. The third-order valence-corrected chi connectivity index (χ3v) is 3.41. The predicted octanol–water partition coefficient (Wildman–Crippen LogP) is 4.22. The molecular formula is C13H8Cl2F3NO. The van der Waals surface area contributed by atoms with Crippen LogP contribution in [0.15, 0.2) is 41.3 Å². The van der Waals surface area contributed by atoms with Gasteiger partial charge in [-0.1, -0.05) is 29.3 Å². The maximum absolute atomic E-state index is 12.6. The van der Waals surface area contributed by atoms with E-state index in [-0.39, 0.29) is 6.54 Å². The van der Waals surface area contributed by atoms with Gasteiger partial charge in [0.15, 0.2) is 0 Å². The number of alkyl halides is 3. The van der Waals surface area contributed by atoms with E-state index in [1.165, 1.54) is 0 Å². The molecule has 1 heterocycles. The Balaban J connectivity index is 2.46. The summed E-state index contributed by atoms with van der Waals surface area (Å²) < 4.78 is 38.8. The highest BCUT2D eigenvalue weighted by Crippen LogP contribution is 2.29. The fourth-order valence-corrected chi connectivity index (χ4v) is 2.19. The van der Waals surface area contributed by atoms with Gasteiger partial charge >= 0.3 is 6.18 Å². The summed E-state index contributed by atoms with van der Waals surface area (Å²) in [6.07, 6.45) is -3.76. The Kier molecular flexibility index (Phi) is 4.11. The molecule has 0 N–H and O–H groups in total. The fraction of sp³-hybridized carbons (Fsp3) is 0.154. The Labute approximate surface area is 122 Å². The van der Waals surface area contributed by atoms with Gasteiger partial charge in [-0.2, -0.15) is 13.2 Å². The molecule has 0 aliphatic carbocycles. The van der Waals surface area contributed by atoms with Crippen LogP contribution in [-0.4, -0.2) is 4.57 Å². The summed E-state index contributed by atoms with van der Waals surface area (Å²) in [6.45, 7) is -0.124. The highest BCUT2D eigenvalue weighted by molar-refractivity contribution is 6.35. The van der Waals surface area contributed by atoms with Crippen LogP contribution in [0.3, 0.4) is 0 Å². The first kappa shape index (κ1) is 14.9. The van der Waals surface area contributed by atoms with Crippen molar-refractivity contribution in [3.63, 3.8) is 0 Å². The molecular weight excluding hydrogens is 314 g/mol. The monoisotopic (exact) mass is 321 g/mol. The number of aromatic nitrogens is 1. The second-order valence-corrected chi connectivity index (χ2v) is 4.90. The zero-order valence-corrected chi connectivity index (χ0v) is 11.4. The minimum absolute atomic E-state index is 0.124. The molecule has 1 aromatic carbocycles. The van der Waals surface area contributed by atoms with Crippen molar-refractivity contribution in [3.05, 3.63) is 68.1 Å². The van der Waals surface area contributed by atoms with E-state index in [1.807, 2.05) is 0 Å². The van der Waals surface area contributed by atoms with Gasteiger partial charge in [0.2, 0.25) is 0 Å². The van der Waals surface area contributed by atoms with Crippen LogP contribution in [0.25, 0.3) is 0 Å². The number of benzene rings is 1. The van der Waals surface area contributed by atoms with Crippen molar-refractivity contribution in [3.8, 4) is 0 Å². The zero-order valence-electron chi connectivity index (χ0n) is 9.92. The van der Waals surface area contributed by atoms with Crippen LogP contribution in [-0.2, 0) is 12.7 Å². The number of pyridine rings is 1. The third kappa shape index (κ3) is 3.16. The lowest BCUT2D eigenvalue weighted by Gasteiger charge is -2.12. The smallest absolute Gasteiger partial charge is 0.310 e. The molecule has 0 aliphatic heterocycles. The third-order valence-electron chi connectivity index (χ3n) is 2.70. The van der Waals surface area contributed by atoms with Gasteiger partial charge in [-0.25, -0.2) is 0 Å². The van der Waals surface area contributed by atoms with Crippen molar-refractivity contribution >= 4 is 23.2 Å². The van der Waals surface area contributed by atoms with Gasteiger partial charge in [0.05, 0.1) is 12.1 Å². The lowest BCUT2D eigenvalue weighted by Crippen LogP contribution is -2.22.